The Morgan fingerprint density at radius 2 is 1.89 bits per heavy atom. The number of fused-ring (bicyclic) bond motifs is 1. The summed E-state index contributed by atoms with van der Waals surface area (Å²) in [4.78, 5) is 86.1. The summed E-state index contributed by atoms with van der Waals surface area (Å²) in [7, 11) is 0. The van der Waals surface area contributed by atoms with Gasteiger partial charge in [-0.25, -0.2) is 19.8 Å². The van der Waals surface area contributed by atoms with Crippen molar-refractivity contribution in [3.05, 3.63) is 28.8 Å². The summed E-state index contributed by atoms with van der Waals surface area (Å²) < 4.78 is 0. The number of hydrogen-bond acceptors (Lipinski definition) is 7. The number of aldehydes is 1. The number of carbonyl (C=O) groups excluding carboxylic acids is 7. The van der Waals surface area contributed by atoms with Crippen molar-refractivity contribution < 1.29 is 33.6 Å². The SMILES string of the molecule is CC(=O)CC(C=O)NC(=O)C1CCCN2C(=O)CCN(NC(=O)c3ccc(NC(C)=O)c(Cl)c3)C(=O)N12. The highest BCUT2D eigenvalue weighted by atomic mass is 35.5. The highest BCUT2D eigenvalue weighted by Crippen LogP contribution is 2.25. The number of halogens is 1. The number of carbonyl (C=O) groups is 7. The predicted octanol–water partition coefficient (Wildman–Crippen LogP) is 0.640. The second kappa shape index (κ2) is 11.8. The van der Waals surface area contributed by atoms with Gasteiger partial charge in [-0.2, -0.15) is 0 Å². The van der Waals surface area contributed by atoms with E-state index in [1.165, 1.54) is 37.1 Å². The lowest BCUT2D eigenvalue weighted by molar-refractivity contribution is -0.155. The second-order valence-corrected chi connectivity index (χ2v) is 9.08. The molecule has 2 aliphatic heterocycles. The van der Waals surface area contributed by atoms with Crippen molar-refractivity contribution in [3.63, 3.8) is 0 Å². The van der Waals surface area contributed by atoms with Crippen LogP contribution < -0.4 is 16.1 Å². The number of nitrogens with one attached hydrogen (secondary N) is 3. The summed E-state index contributed by atoms with van der Waals surface area (Å²) in [5.41, 5.74) is 2.84. The molecule has 198 valence electrons. The van der Waals surface area contributed by atoms with Gasteiger partial charge in [0, 0.05) is 31.9 Å². The molecule has 0 spiro atoms. The molecule has 2 aliphatic rings. The third-order valence-electron chi connectivity index (χ3n) is 5.75. The van der Waals surface area contributed by atoms with Crippen molar-refractivity contribution in [1.29, 1.82) is 0 Å². The number of benzene rings is 1. The first-order valence-electron chi connectivity index (χ1n) is 11.6. The Balaban J connectivity index is 1.80. The summed E-state index contributed by atoms with van der Waals surface area (Å²) >= 11 is 6.14. The monoisotopic (exact) mass is 534 g/mol. The van der Waals surface area contributed by atoms with Crippen LogP contribution in [-0.4, -0.2) is 81.9 Å². The molecule has 2 saturated heterocycles. The number of rotatable bonds is 8. The Bertz CT molecular complexity index is 1140. The Morgan fingerprint density at radius 3 is 2.51 bits per heavy atom. The van der Waals surface area contributed by atoms with Crippen molar-refractivity contribution in [2.24, 2.45) is 0 Å². The van der Waals surface area contributed by atoms with Crippen LogP contribution in [0.4, 0.5) is 10.5 Å². The maximum absolute atomic E-state index is 13.4. The molecule has 0 bridgehead atoms. The van der Waals surface area contributed by atoms with Gasteiger partial charge < -0.3 is 15.4 Å². The molecular formula is C23H27ClN6O7. The fourth-order valence-electron chi connectivity index (χ4n) is 4.07. The lowest BCUT2D eigenvalue weighted by Gasteiger charge is -2.43. The van der Waals surface area contributed by atoms with Crippen LogP contribution in [0.2, 0.25) is 5.02 Å². The van der Waals surface area contributed by atoms with Gasteiger partial charge in [-0.15, -0.1) is 0 Å². The normalized spacial score (nSPS) is 18.4. The van der Waals surface area contributed by atoms with Gasteiger partial charge in [-0.3, -0.25) is 29.4 Å². The summed E-state index contributed by atoms with van der Waals surface area (Å²) in [5.74, 6) is -2.46. The van der Waals surface area contributed by atoms with Gasteiger partial charge in [0.1, 0.15) is 18.1 Å². The van der Waals surface area contributed by atoms with Crippen molar-refractivity contribution in [2.75, 3.05) is 18.4 Å². The molecule has 37 heavy (non-hydrogen) atoms. The molecule has 3 rings (SSSR count). The molecule has 1 aromatic carbocycles. The van der Waals surface area contributed by atoms with Crippen molar-refractivity contribution in [2.45, 2.75) is 51.6 Å². The fraction of sp³-hybridized carbons (Fsp3) is 0.435. The van der Waals surface area contributed by atoms with Crippen LogP contribution in [0.1, 0.15) is 49.9 Å². The van der Waals surface area contributed by atoms with Crippen molar-refractivity contribution >= 4 is 59.0 Å². The number of Topliss-reactive ketones (excluding diaryl/α,β-unsaturated/α-hetero) is 1. The van der Waals surface area contributed by atoms with Crippen LogP contribution in [0.15, 0.2) is 18.2 Å². The van der Waals surface area contributed by atoms with Gasteiger partial charge in [-0.05, 0) is 38.0 Å². The first kappa shape index (κ1) is 27.6. The Morgan fingerprint density at radius 1 is 1.16 bits per heavy atom. The predicted molar refractivity (Wildman–Crippen MR) is 130 cm³/mol. The van der Waals surface area contributed by atoms with Crippen LogP contribution >= 0.6 is 11.6 Å². The van der Waals surface area contributed by atoms with Gasteiger partial charge in [0.25, 0.3) is 5.91 Å². The molecule has 0 aromatic heterocycles. The molecular weight excluding hydrogens is 508 g/mol. The standard InChI is InChI=1S/C23H27ClN6O7/c1-13(32)10-16(12-31)26-22(36)19-4-3-8-29-20(34)7-9-28(23(37)30(19)29)27-21(35)15-5-6-18(17(24)11-15)25-14(2)33/h5-6,11-12,16,19H,3-4,7-10H2,1-2H3,(H,25,33)(H,26,36)(H,27,35). The third-order valence-corrected chi connectivity index (χ3v) is 6.06. The number of amides is 6. The van der Waals surface area contributed by atoms with Gasteiger partial charge in [-0.1, -0.05) is 11.6 Å². The zero-order valence-corrected chi connectivity index (χ0v) is 21.0. The van der Waals surface area contributed by atoms with Crippen LogP contribution in [0.5, 0.6) is 0 Å². The lowest BCUT2D eigenvalue weighted by Crippen LogP contribution is -2.64. The highest BCUT2D eigenvalue weighted by Gasteiger charge is 2.44. The first-order valence-corrected chi connectivity index (χ1v) is 11.9. The molecule has 2 heterocycles. The molecule has 6 amide bonds. The van der Waals surface area contributed by atoms with Crippen LogP contribution in [0.3, 0.4) is 0 Å². The zero-order chi connectivity index (χ0) is 27.3. The zero-order valence-electron chi connectivity index (χ0n) is 20.3. The van der Waals surface area contributed by atoms with E-state index in [0.717, 1.165) is 10.0 Å². The van der Waals surface area contributed by atoms with Gasteiger partial charge in [0.05, 0.1) is 23.3 Å². The van der Waals surface area contributed by atoms with Gasteiger partial charge in [0.15, 0.2) is 0 Å². The van der Waals surface area contributed by atoms with E-state index in [4.69, 9.17) is 11.6 Å². The van der Waals surface area contributed by atoms with E-state index >= 15 is 0 Å². The molecule has 0 radical (unpaired) electrons. The molecule has 2 fully saturated rings. The van der Waals surface area contributed by atoms with E-state index in [9.17, 15) is 33.6 Å². The van der Waals surface area contributed by atoms with E-state index in [0.29, 0.717) is 18.4 Å². The Labute approximate surface area is 217 Å². The Hall–Kier alpha value is -4.00. The van der Waals surface area contributed by atoms with Crippen molar-refractivity contribution in [1.82, 2.24) is 25.8 Å². The van der Waals surface area contributed by atoms with Crippen LogP contribution in [-0.2, 0) is 24.0 Å². The molecule has 3 N–H and O–H groups in total. The maximum atomic E-state index is 13.4. The summed E-state index contributed by atoms with van der Waals surface area (Å²) in [6.07, 6.45) is 0.751. The maximum Gasteiger partial charge on any atom is 0.358 e. The molecule has 13 nitrogen and oxygen atoms in total. The number of urea groups is 1. The van der Waals surface area contributed by atoms with Gasteiger partial charge in [0.2, 0.25) is 17.7 Å². The molecule has 2 atom stereocenters. The summed E-state index contributed by atoms with van der Waals surface area (Å²) in [6.45, 7) is 2.64. The lowest BCUT2D eigenvalue weighted by atomic mass is 10.1. The molecule has 0 saturated carbocycles. The van der Waals surface area contributed by atoms with E-state index in [1.807, 2.05) is 0 Å². The topological polar surface area (TPSA) is 165 Å². The molecule has 0 aliphatic carbocycles. The smallest absolute Gasteiger partial charge is 0.344 e. The number of ketones is 1. The summed E-state index contributed by atoms with van der Waals surface area (Å²) in [5, 5.41) is 8.17. The minimum atomic E-state index is -1.14. The molecule has 2 unspecified atom stereocenters. The van der Waals surface area contributed by atoms with E-state index in [-0.39, 0.29) is 54.6 Å². The minimum Gasteiger partial charge on any atom is -0.344 e. The van der Waals surface area contributed by atoms with E-state index < -0.39 is 35.8 Å². The van der Waals surface area contributed by atoms with Crippen LogP contribution in [0, 0.1) is 0 Å². The fourth-order valence-corrected chi connectivity index (χ4v) is 4.30. The number of hydrogen-bond donors (Lipinski definition) is 3. The molecule has 1 aromatic rings. The van der Waals surface area contributed by atoms with Gasteiger partial charge >= 0.3 is 6.03 Å². The third kappa shape index (κ3) is 6.61. The van der Waals surface area contributed by atoms with Crippen LogP contribution in [0.25, 0.3) is 0 Å². The number of nitrogens with zero attached hydrogens (tertiary/aromatic N) is 3. The second-order valence-electron chi connectivity index (χ2n) is 8.68. The quantitative estimate of drug-likeness (QED) is 0.411. The highest BCUT2D eigenvalue weighted by molar-refractivity contribution is 6.34. The first-order chi connectivity index (χ1) is 17.5. The average molecular weight is 535 g/mol. The van der Waals surface area contributed by atoms with E-state index in [2.05, 4.69) is 16.1 Å². The largest absolute Gasteiger partial charge is 0.358 e. The van der Waals surface area contributed by atoms with E-state index in [1.54, 1.807) is 0 Å². The Kier molecular flexibility index (Phi) is 8.81. The number of hydrazine groups is 2. The number of anilines is 1. The minimum absolute atomic E-state index is 0.0883. The molecule has 14 heteroatoms. The average Bonchev–Trinajstić information content (AvgIpc) is 2.96. The van der Waals surface area contributed by atoms with Crippen molar-refractivity contribution in [3.8, 4) is 0 Å². The summed E-state index contributed by atoms with van der Waals surface area (Å²) in [6, 6.07) is 1.13.